The zero-order valence-electron chi connectivity index (χ0n) is 15.6. The van der Waals surface area contributed by atoms with Gasteiger partial charge in [0.25, 0.3) is 0 Å². The van der Waals surface area contributed by atoms with Crippen LogP contribution in [0.4, 0.5) is 5.69 Å². The van der Waals surface area contributed by atoms with Crippen LogP contribution in [0.5, 0.6) is 11.5 Å². The highest BCUT2D eigenvalue weighted by Crippen LogP contribution is 2.31. The molecule has 6 heteroatoms. The van der Waals surface area contributed by atoms with Gasteiger partial charge >= 0.3 is 0 Å². The zero-order valence-corrected chi connectivity index (χ0v) is 17.8. The molecule has 28 heavy (non-hydrogen) atoms. The summed E-state index contributed by atoms with van der Waals surface area (Å²) in [4.78, 5) is 0. The van der Waals surface area contributed by atoms with Crippen molar-refractivity contribution in [2.75, 3.05) is 12.4 Å². The van der Waals surface area contributed by atoms with Crippen molar-refractivity contribution >= 4 is 40.5 Å². The van der Waals surface area contributed by atoms with Crippen LogP contribution in [0.2, 0.25) is 15.1 Å². The number of hydrogen-bond donors (Lipinski definition) is 1. The summed E-state index contributed by atoms with van der Waals surface area (Å²) >= 11 is 18.6. The summed E-state index contributed by atoms with van der Waals surface area (Å²) in [6.07, 6.45) is 0. The molecule has 0 radical (unpaired) electrons. The molecule has 0 aromatic heterocycles. The molecule has 0 unspecified atom stereocenters. The van der Waals surface area contributed by atoms with Crippen molar-refractivity contribution in [2.45, 2.75) is 20.1 Å². The Morgan fingerprint density at radius 2 is 1.61 bits per heavy atom. The zero-order chi connectivity index (χ0) is 20.1. The van der Waals surface area contributed by atoms with E-state index in [1.807, 2.05) is 43.3 Å². The van der Waals surface area contributed by atoms with Crippen LogP contribution < -0.4 is 14.8 Å². The Balaban J connectivity index is 1.68. The van der Waals surface area contributed by atoms with Crippen LogP contribution in [-0.2, 0) is 13.2 Å². The van der Waals surface area contributed by atoms with E-state index in [-0.39, 0.29) is 6.61 Å². The lowest BCUT2D eigenvalue weighted by atomic mass is 10.1. The van der Waals surface area contributed by atoms with E-state index in [4.69, 9.17) is 44.3 Å². The maximum atomic E-state index is 6.20. The molecular weight excluding hydrogens is 417 g/mol. The predicted octanol–water partition coefficient (Wildman–Crippen LogP) is 7.15. The fraction of sp³-hybridized carbons (Fsp3) is 0.182. The van der Waals surface area contributed by atoms with Gasteiger partial charge in [0.15, 0.2) is 11.5 Å². The summed E-state index contributed by atoms with van der Waals surface area (Å²) in [6.45, 7) is 2.87. The van der Waals surface area contributed by atoms with E-state index in [0.29, 0.717) is 28.1 Å². The average Bonchev–Trinajstić information content (AvgIpc) is 2.69. The summed E-state index contributed by atoms with van der Waals surface area (Å²) in [7, 11) is 1.61. The number of rotatable bonds is 7. The molecule has 3 aromatic carbocycles. The molecule has 0 saturated carbocycles. The van der Waals surface area contributed by atoms with Crippen molar-refractivity contribution in [3.8, 4) is 11.5 Å². The minimum Gasteiger partial charge on any atom is -0.493 e. The van der Waals surface area contributed by atoms with Crippen molar-refractivity contribution in [3.05, 3.63) is 86.4 Å². The average molecular weight is 437 g/mol. The molecule has 0 aliphatic carbocycles. The predicted molar refractivity (Wildman–Crippen MR) is 117 cm³/mol. The summed E-state index contributed by atoms with van der Waals surface area (Å²) in [6, 6.07) is 17.1. The van der Waals surface area contributed by atoms with Crippen LogP contribution in [0.1, 0.15) is 16.7 Å². The van der Waals surface area contributed by atoms with Crippen molar-refractivity contribution in [3.63, 3.8) is 0 Å². The van der Waals surface area contributed by atoms with E-state index >= 15 is 0 Å². The van der Waals surface area contributed by atoms with E-state index in [2.05, 4.69) is 5.32 Å². The molecule has 3 aromatic rings. The lowest BCUT2D eigenvalue weighted by Crippen LogP contribution is -2.02. The first-order chi connectivity index (χ1) is 13.5. The smallest absolute Gasteiger partial charge is 0.161 e. The second kappa shape index (κ2) is 9.42. The third-order valence-electron chi connectivity index (χ3n) is 4.33. The largest absolute Gasteiger partial charge is 0.493 e. The fourth-order valence-electron chi connectivity index (χ4n) is 2.67. The van der Waals surface area contributed by atoms with E-state index in [0.717, 1.165) is 27.4 Å². The van der Waals surface area contributed by atoms with Crippen LogP contribution in [-0.4, -0.2) is 7.11 Å². The molecule has 0 saturated heterocycles. The summed E-state index contributed by atoms with van der Waals surface area (Å²) in [5.74, 6) is 1.27. The third kappa shape index (κ3) is 5.05. The number of aryl methyl sites for hydroxylation is 1. The number of methoxy groups -OCH3 is 1. The lowest BCUT2D eigenvalue weighted by molar-refractivity contribution is 0.284. The molecule has 0 heterocycles. The topological polar surface area (TPSA) is 30.5 Å². The second-order valence-electron chi connectivity index (χ2n) is 6.29. The van der Waals surface area contributed by atoms with E-state index in [1.165, 1.54) is 0 Å². The number of nitrogens with one attached hydrogen (secondary N) is 1. The first kappa shape index (κ1) is 20.7. The number of ether oxygens (including phenoxy) is 2. The monoisotopic (exact) mass is 435 g/mol. The molecule has 0 amide bonds. The Kier molecular flexibility index (Phi) is 6.95. The number of halogens is 3. The Hall–Kier alpha value is -2.07. The molecule has 1 N–H and O–H groups in total. The Morgan fingerprint density at radius 1 is 0.857 bits per heavy atom. The van der Waals surface area contributed by atoms with Gasteiger partial charge in [-0.3, -0.25) is 0 Å². The van der Waals surface area contributed by atoms with E-state index < -0.39 is 0 Å². The van der Waals surface area contributed by atoms with Gasteiger partial charge in [-0.15, -0.1) is 0 Å². The molecule has 0 spiro atoms. The minimum atomic E-state index is 0.258. The van der Waals surface area contributed by atoms with Gasteiger partial charge in [0.05, 0.1) is 7.11 Å². The van der Waals surface area contributed by atoms with Gasteiger partial charge in [-0.25, -0.2) is 0 Å². The van der Waals surface area contributed by atoms with Crippen LogP contribution in [0.15, 0.2) is 54.6 Å². The molecule has 0 aliphatic heterocycles. The summed E-state index contributed by atoms with van der Waals surface area (Å²) in [5.41, 5.74) is 3.81. The molecule has 0 bridgehead atoms. The molecule has 0 aliphatic rings. The maximum Gasteiger partial charge on any atom is 0.161 e. The maximum absolute atomic E-state index is 6.20. The van der Waals surface area contributed by atoms with Gasteiger partial charge in [0, 0.05) is 32.9 Å². The molecule has 0 fully saturated rings. The van der Waals surface area contributed by atoms with Gasteiger partial charge in [-0.2, -0.15) is 0 Å². The van der Waals surface area contributed by atoms with Gasteiger partial charge < -0.3 is 14.8 Å². The van der Waals surface area contributed by atoms with Crippen molar-refractivity contribution in [1.29, 1.82) is 0 Å². The highest BCUT2D eigenvalue weighted by Gasteiger charge is 2.10. The number of benzene rings is 3. The van der Waals surface area contributed by atoms with Crippen molar-refractivity contribution in [1.82, 2.24) is 0 Å². The molecule has 3 rings (SSSR count). The van der Waals surface area contributed by atoms with Crippen LogP contribution in [0.3, 0.4) is 0 Å². The Morgan fingerprint density at radius 3 is 2.29 bits per heavy atom. The minimum absolute atomic E-state index is 0.258. The van der Waals surface area contributed by atoms with E-state index in [9.17, 15) is 0 Å². The quantitative estimate of drug-likeness (QED) is 0.426. The molecule has 3 nitrogen and oxygen atoms in total. The second-order valence-corrected chi connectivity index (χ2v) is 7.51. The summed E-state index contributed by atoms with van der Waals surface area (Å²) < 4.78 is 11.4. The number of hydrogen-bond acceptors (Lipinski definition) is 3. The summed E-state index contributed by atoms with van der Waals surface area (Å²) in [5, 5.41) is 5.24. The Bertz CT molecular complexity index is 956. The van der Waals surface area contributed by atoms with Gasteiger partial charge in [-0.05, 0) is 54.4 Å². The van der Waals surface area contributed by atoms with Crippen LogP contribution in [0.25, 0.3) is 0 Å². The highest BCUT2D eigenvalue weighted by atomic mass is 35.5. The normalized spacial score (nSPS) is 10.6. The lowest BCUT2D eigenvalue weighted by Gasteiger charge is -2.14. The highest BCUT2D eigenvalue weighted by molar-refractivity contribution is 6.36. The van der Waals surface area contributed by atoms with Gasteiger partial charge in [0.2, 0.25) is 0 Å². The first-order valence-corrected chi connectivity index (χ1v) is 9.84. The first-order valence-electron chi connectivity index (χ1n) is 8.70. The van der Waals surface area contributed by atoms with Crippen molar-refractivity contribution < 1.29 is 9.47 Å². The third-order valence-corrected chi connectivity index (χ3v) is 5.45. The SMILES string of the molecule is COc1cc(CNc2ccc(C)c(Cl)c2)ccc1OCc1c(Cl)cccc1Cl. The molecule has 0 atom stereocenters. The fourth-order valence-corrected chi connectivity index (χ4v) is 3.36. The van der Waals surface area contributed by atoms with Crippen LogP contribution in [0, 0.1) is 6.92 Å². The van der Waals surface area contributed by atoms with Crippen molar-refractivity contribution in [2.24, 2.45) is 0 Å². The van der Waals surface area contributed by atoms with E-state index in [1.54, 1.807) is 25.3 Å². The van der Waals surface area contributed by atoms with Gasteiger partial charge in [0.1, 0.15) is 6.61 Å². The number of anilines is 1. The van der Waals surface area contributed by atoms with Crippen LogP contribution >= 0.6 is 34.8 Å². The van der Waals surface area contributed by atoms with Gasteiger partial charge in [-0.1, -0.05) is 53.0 Å². The molecule has 146 valence electrons. The Labute approximate surface area is 180 Å². The standard InChI is InChI=1S/C22H20Cl3NO2/c1-14-6-8-16(11-20(14)25)26-12-15-7-9-21(22(10-15)27-2)28-13-17-18(23)4-3-5-19(17)24/h3-11,26H,12-13H2,1-2H3. The molecular formula is C22H20Cl3NO2.